The van der Waals surface area contributed by atoms with Crippen molar-refractivity contribution < 1.29 is 14.7 Å². The number of hydrogen-bond acceptors (Lipinski definition) is 6. The third kappa shape index (κ3) is 3.61. The van der Waals surface area contributed by atoms with Crippen LogP contribution >= 0.6 is 11.3 Å². The summed E-state index contributed by atoms with van der Waals surface area (Å²) < 4.78 is 3.00. The number of fused-ring (bicyclic) bond motifs is 3. The van der Waals surface area contributed by atoms with Crippen LogP contribution in [-0.2, 0) is 6.42 Å². The van der Waals surface area contributed by atoms with Crippen LogP contribution in [-0.4, -0.2) is 38.5 Å². The number of carbonyl (C=O) groups is 2. The number of Topliss-reactive ketones (excluding diaryl/α,β-unsaturated/α-hetero) is 1. The van der Waals surface area contributed by atoms with Crippen LogP contribution in [0.4, 0.5) is 5.69 Å². The minimum absolute atomic E-state index is 0.126. The van der Waals surface area contributed by atoms with E-state index in [-0.39, 0.29) is 23.3 Å². The van der Waals surface area contributed by atoms with Gasteiger partial charge in [0.2, 0.25) is 0 Å². The van der Waals surface area contributed by atoms with Crippen molar-refractivity contribution in [3.8, 4) is 5.69 Å². The maximum atomic E-state index is 13.0. The van der Waals surface area contributed by atoms with Gasteiger partial charge in [0.05, 0.1) is 27.4 Å². The van der Waals surface area contributed by atoms with Gasteiger partial charge in [-0.25, -0.2) is 4.98 Å². The van der Waals surface area contributed by atoms with E-state index in [2.05, 4.69) is 28.7 Å². The number of amides is 1. The third-order valence-corrected chi connectivity index (χ3v) is 7.53. The molecular formula is C24H28N4O3S. The molecule has 1 saturated carbocycles. The minimum Gasteiger partial charge on any atom is -0.393 e. The average molecular weight is 453 g/mol. The lowest BCUT2D eigenvalue weighted by molar-refractivity contribution is 0.0912. The number of hydrogen-bond donors (Lipinski definition) is 3. The lowest BCUT2D eigenvalue weighted by Gasteiger charge is -2.30. The number of primary amides is 1. The van der Waals surface area contributed by atoms with E-state index >= 15 is 0 Å². The predicted molar refractivity (Wildman–Crippen MR) is 126 cm³/mol. The van der Waals surface area contributed by atoms with Crippen molar-refractivity contribution in [2.24, 2.45) is 11.1 Å². The van der Waals surface area contributed by atoms with E-state index < -0.39 is 5.91 Å². The Kier molecular flexibility index (Phi) is 5.09. The fourth-order valence-corrected chi connectivity index (χ4v) is 6.02. The van der Waals surface area contributed by atoms with Gasteiger partial charge in [0.1, 0.15) is 0 Å². The molecule has 2 aliphatic rings. The highest BCUT2D eigenvalue weighted by molar-refractivity contribution is 7.17. The molecule has 3 aromatic rings. The Labute approximate surface area is 190 Å². The van der Waals surface area contributed by atoms with E-state index in [1.54, 1.807) is 11.6 Å². The molecule has 168 valence electrons. The summed E-state index contributed by atoms with van der Waals surface area (Å²) in [6.07, 6.45) is 4.20. The number of thiazole rings is 1. The van der Waals surface area contributed by atoms with Crippen molar-refractivity contribution in [1.29, 1.82) is 0 Å². The Morgan fingerprint density at radius 3 is 2.72 bits per heavy atom. The Morgan fingerprint density at radius 1 is 1.25 bits per heavy atom. The van der Waals surface area contributed by atoms with Gasteiger partial charge in [-0.1, -0.05) is 13.8 Å². The summed E-state index contributed by atoms with van der Waals surface area (Å²) in [5.41, 5.74) is 11.9. The average Bonchev–Trinajstić information content (AvgIpc) is 3.28. The van der Waals surface area contributed by atoms with Crippen LogP contribution in [0.3, 0.4) is 0 Å². The van der Waals surface area contributed by atoms with Crippen LogP contribution < -0.4 is 11.1 Å². The van der Waals surface area contributed by atoms with Crippen molar-refractivity contribution in [2.75, 3.05) is 5.32 Å². The molecule has 2 heterocycles. The zero-order valence-corrected chi connectivity index (χ0v) is 19.2. The number of aliphatic hydroxyl groups excluding tert-OH is 1. The zero-order valence-electron chi connectivity index (χ0n) is 18.4. The van der Waals surface area contributed by atoms with E-state index in [0.29, 0.717) is 17.7 Å². The molecule has 0 atom stereocenters. The molecule has 1 aromatic carbocycles. The molecule has 1 fully saturated rings. The highest BCUT2D eigenvalue weighted by Crippen LogP contribution is 2.42. The summed E-state index contributed by atoms with van der Waals surface area (Å²) in [4.78, 5) is 29.7. The summed E-state index contributed by atoms with van der Waals surface area (Å²) >= 11 is 1.50. The number of rotatable bonds is 4. The quantitative estimate of drug-likeness (QED) is 0.553. The van der Waals surface area contributed by atoms with E-state index in [1.165, 1.54) is 11.3 Å². The Morgan fingerprint density at radius 2 is 2.00 bits per heavy atom. The van der Waals surface area contributed by atoms with Crippen LogP contribution in [0, 0.1) is 5.41 Å². The van der Waals surface area contributed by atoms with Gasteiger partial charge in [-0.05, 0) is 55.7 Å². The van der Waals surface area contributed by atoms with Gasteiger partial charge in [0.25, 0.3) is 5.91 Å². The molecule has 0 unspecified atom stereocenters. The van der Waals surface area contributed by atoms with Crippen molar-refractivity contribution in [2.45, 2.75) is 64.5 Å². The topological polar surface area (TPSA) is 110 Å². The van der Waals surface area contributed by atoms with Crippen molar-refractivity contribution >= 4 is 39.1 Å². The Balaban J connectivity index is 1.62. The molecule has 2 aromatic heterocycles. The van der Waals surface area contributed by atoms with Gasteiger partial charge in [0.15, 0.2) is 11.4 Å². The van der Waals surface area contributed by atoms with Crippen molar-refractivity contribution in [3.05, 3.63) is 40.5 Å². The second-order valence-electron chi connectivity index (χ2n) is 9.85. The lowest BCUT2D eigenvalue weighted by Crippen LogP contribution is -2.29. The molecule has 0 aliphatic heterocycles. The molecule has 2 aliphatic carbocycles. The second-order valence-corrected chi connectivity index (χ2v) is 10.7. The molecule has 7 nitrogen and oxygen atoms in total. The van der Waals surface area contributed by atoms with Crippen LogP contribution in [0.15, 0.2) is 23.7 Å². The number of nitrogens with one attached hydrogen (secondary N) is 1. The summed E-state index contributed by atoms with van der Waals surface area (Å²) in [5.74, 6) is -0.323. The lowest BCUT2D eigenvalue weighted by atomic mass is 9.76. The smallest absolute Gasteiger partial charge is 0.250 e. The van der Waals surface area contributed by atoms with Gasteiger partial charge >= 0.3 is 0 Å². The Bertz CT molecular complexity index is 1220. The summed E-state index contributed by atoms with van der Waals surface area (Å²) in [6, 6.07) is 5.74. The van der Waals surface area contributed by atoms with E-state index in [9.17, 15) is 14.7 Å². The van der Waals surface area contributed by atoms with Gasteiger partial charge in [-0.2, -0.15) is 0 Å². The van der Waals surface area contributed by atoms with Crippen LogP contribution in [0.25, 0.3) is 16.0 Å². The molecular weight excluding hydrogens is 424 g/mol. The first kappa shape index (κ1) is 21.2. The number of ketones is 1. The number of anilines is 1. The minimum atomic E-state index is -0.487. The maximum Gasteiger partial charge on any atom is 0.250 e. The third-order valence-electron chi connectivity index (χ3n) is 6.69. The number of carbonyl (C=O) groups excluding carboxylic acids is 2. The van der Waals surface area contributed by atoms with E-state index in [4.69, 9.17) is 5.73 Å². The SMILES string of the molecule is CC1(C)CC(=O)c2c(n(-c3ccc(C(N)=O)c(NC4CCC(O)CC4)c3)c3ncsc23)C1. The predicted octanol–water partition coefficient (Wildman–Crippen LogP) is 4.06. The van der Waals surface area contributed by atoms with Gasteiger partial charge in [0, 0.05) is 29.5 Å². The number of aromatic nitrogens is 2. The molecule has 0 spiro atoms. The molecule has 32 heavy (non-hydrogen) atoms. The standard InChI is InChI=1S/C24H28N4O3S/c1-24(2)10-18-20(19(30)11-24)21-23(26-12-32-21)28(18)14-5-8-16(22(25)31)17(9-14)27-13-3-6-15(29)7-4-13/h5,8-9,12-13,15,27,29H,3-4,6-7,10-11H2,1-2H3,(H2,25,31). The fraction of sp³-hybridized carbons (Fsp3) is 0.458. The van der Waals surface area contributed by atoms with Crippen LogP contribution in [0.5, 0.6) is 0 Å². The zero-order chi connectivity index (χ0) is 22.6. The van der Waals surface area contributed by atoms with Crippen molar-refractivity contribution in [1.82, 2.24) is 9.55 Å². The number of aliphatic hydroxyl groups is 1. The number of nitrogens with two attached hydrogens (primary N) is 1. The highest BCUT2D eigenvalue weighted by Gasteiger charge is 2.37. The molecule has 0 bridgehead atoms. The van der Waals surface area contributed by atoms with Crippen LogP contribution in [0.2, 0.25) is 0 Å². The normalized spacial score (nSPS) is 22.7. The molecule has 1 amide bonds. The van der Waals surface area contributed by atoms with E-state index in [0.717, 1.165) is 59.4 Å². The first-order valence-electron chi connectivity index (χ1n) is 11.1. The molecule has 5 rings (SSSR count). The summed E-state index contributed by atoms with van der Waals surface area (Å²) in [5, 5.41) is 13.3. The fourth-order valence-electron chi connectivity index (χ4n) is 5.16. The molecule has 4 N–H and O–H groups in total. The number of benzene rings is 1. The molecule has 0 saturated heterocycles. The second kappa shape index (κ2) is 7.71. The summed E-state index contributed by atoms with van der Waals surface area (Å²) in [7, 11) is 0. The van der Waals surface area contributed by atoms with Crippen molar-refractivity contribution in [3.63, 3.8) is 0 Å². The van der Waals surface area contributed by atoms with E-state index in [1.807, 2.05) is 12.1 Å². The first-order valence-corrected chi connectivity index (χ1v) is 12.0. The van der Waals surface area contributed by atoms with Gasteiger partial charge < -0.3 is 16.2 Å². The maximum absolute atomic E-state index is 13.0. The first-order chi connectivity index (χ1) is 15.2. The monoisotopic (exact) mass is 452 g/mol. The molecule has 8 heteroatoms. The highest BCUT2D eigenvalue weighted by atomic mass is 32.1. The largest absolute Gasteiger partial charge is 0.393 e. The molecule has 0 radical (unpaired) electrons. The number of nitrogens with zero attached hydrogens (tertiary/aromatic N) is 2. The van der Waals surface area contributed by atoms with Gasteiger partial charge in [-0.3, -0.25) is 14.2 Å². The van der Waals surface area contributed by atoms with Crippen LogP contribution in [0.1, 0.15) is 72.4 Å². The summed E-state index contributed by atoms with van der Waals surface area (Å²) in [6.45, 7) is 4.24. The Hall–Kier alpha value is -2.71. The van der Waals surface area contributed by atoms with Gasteiger partial charge in [-0.15, -0.1) is 11.3 Å².